The molecule has 0 bridgehead atoms. The lowest BCUT2D eigenvalue weighted by Crippen LogP contribution is -2.33. The Morgan fingerprint density at radius 3 is 2.40 bits per heavy atom. The Morgan fingerprint density at radius 2 is 1.80 bits per heavy atom. The topological polar surface area (TPSA) is 32.3 Å². The molecule has 2 N–H and O–H groups in total. The summed E-state index contributed by atoms with van der Waals surface area (Å²) in [6.45, 7) is 1.88. The molecular formula is C16H17ClFNO. The van der Waals surface area contributed by atoms with Crippen LogP contribution in [-0.2, 0) is 0 Å². The first-order valence-electron chi connectivity index (χ1n) is 6.48. The number of aliphatic hydroxyl groups is 1. The molecule has 0 aliphatic carbocycles. The monoisotopic (exact) mass is 293 g/mol. The molecule has 2 nitrogen and oxygen atoms in total. The van der Waals surface area contributed by atoms with E-state index in [1.165, 1.54) is 12.1 Å². The average Bonchev–Trinajstić information content (AvgIpc) is 2.44. The van der Waals surface area contributed by atoms with E-state index in [1.54, 1.807) is 12.1 Å². The maximum atomic E-state index is 13.4. The number of nitrogens with one attached hydrogen (secondary N) is 1. The summed E-state index contributed by atoms with van der Waals surface area (Å²) in [5.74, 6) is -0.284. The molecule has 2 aromatic rings. The molecule has 106 valence electrons. The van der Waals surface area contributed by atoms with Gasteiger partial charge in [-0.15, -0.1) is 0 Å². The molecule has 2 aromatic carbocycles. The third-order valence-corrected chi connectivity index (χ3v) is 3.32. The Hall–Kier alpha value is -1.42. The smallest absolute Gasteiger partial charge is 0.123 e. The van der Waals surface area contributed by atoms with Crippen molar-refractivity contribution >= 4 is 11.6 Å². The molecule has 0 heterocycles. The molecule has 2 rings (SSSR count). The Morgan fingerprint density at radius 1 is 1.15 bits per heavy atom. The van der Waals surface area contributed by atoms with Crippen molar-refractivity contribution in [2.75, 3.05) is 6.61 Å². The van der Waals surface area contributed by atoms with Crippen molar-refractivity contribution in [2.24, 2.45) is 0 Å². The van der Waals surface area contributed by atoms with Gasteiger partial charge < -0.3 is 10.4 Å². The average molecular weight is 294 g/mol. The molecule has 0 spiro atoms. The lowest BCUT2D eigenvalue weighted by atomic mass is 9.98. The minimum Gasteiger partial charge on any atom is -0.395 e. The van der Waals surface area contributed by atoms with Gasteiger partial charge in [0, 0.05) is 11.1 Å². The summed E-state index contributed by atoms with van der Waals surface area (Å²) in [5, 5.41) is 13.1. The van der Waals surface area contributed by atoms with E-state index < -0.39 is 0 Å². The molecule has 0 saturated carbocycles. The minimum absolute atomic E-state index is 0.00633. The van der Waals surface area contributed by atoms with Crippen LogP contribution >= 0.6 is 11.6 Å². The standard InChI is InChI=1S/C16H17ClFNO/c1-11(10-20)19-16(12-4-2-6-14(17)8-12)13-5-3-7-15(18)9-13/h2-9,11,16,19-20H,10H2,1H3/t11-,16?/m1/s1. The Kier molecular flexibility index (Phi) is 5.12. The van der Waals surface area contributed by atoms with Crippen molar-refractivity contribution in [1.82, 2.24) is 5.32 Å². The van der Waals surface area contributed by atoms with Crippen molar-refractivity contribution in [2.45, 2.75) is 19.0 Å². The molecular weight excluding hydrogens is 277 g/mol. The Labute approximate surface area is 123 Å². The van der Waals surface area contributed by atoms with Gasteiger partial charge in [0.2, 0.25) is 0 Å². The highest BCUT2D eigenvalue weighted by Crippen LogP contribution is 2.25. The number of hydrogen-bond donors (Lipinski definition) is 2. The fourth-order valence-corrected chi connectivity index (χ4v) is 2.29. The summed E-state index contributed by atoms with van der Waals surface area (Å²) in [4.78, 5) is 0. The van der Waals surface area contributed by atoms with Gasteiger partial charge in [-0.25, -0.2) is 4.39 Å². The lowest BCUT2D eigenvalue weighted by molar-refractivity contribution is 0.245. The molecule has 1 unspecified atom stereocenters. The van der Waals surface area contributed by atoms with Crippen LogP contribution in [0.25, 0.3) is 0 Å². The first kappa shape index (κ1) is 15.0. The lowest BCUT2D eigenvalue weighted by Gasteiger charge is -2.23. The summed E-state index contributed by atoms with van der Waals surface area (Å²) in [7, 11) is 0. The fourth-order valence-electron chi connectivity index (χ4n) is 2.09. The largest absolute Gasteiger partial charge is 0.395 e. The van der Waals surface area contributed by atoms with E-state index in [2.05, 4.69) is 5.32 Å². The second-order valence-corrected chi connectivity index (χ2v) is 5.23. The summed E-state index contributed by atoms with van der Waals surface area (Å²) >= 11 is 6.03. The SMILES string of the molecule is C[C@H](CO)NC(c1cccc(F)c1)c1cccc(Cl)c1. The molecule has 4 heteroatoms. The quantitative estimate of drug-likeness (QED) is 0.884. The van der Waals surface area contributed by atoms with Crippen LogP contribution in [0.3, 0.4) is 0 Å². The molecule has 0 radical (unpaired) electrons. The zero-order chi connectivity index (χ0) is 14.5. The summed E-state index contributed by atoms with van der Waals surface area (Å²) in [6, 6.07) is 13.5. The molecule has 0 fully saturated rings. The molecule has 20 heavy (non-hydrogen) atoms. The van der Waals surface area contributed by atoms with E-state index >= 15 is 0 Å². The zero-order valence-electron chi connectivity index (χ0n) is 11.2. The minimum atomic E-state index is -0.284. The third kappa shape index (κ3) is 3.79. The van der Waals surface area contributed by atoms with Crippen molar-refractivity contribution in [3.63, 3.8) is 0 Å². The van der Waals surface area contributed by atoms with Crippen LogP contribution < -0.4 is 5.32 Å². The van der Waals surface area contributed by atoms with Crippen LogP contribution in [0.2, 0.25) is 5.02 Å². The number of halogens is 2. The fraction of sp³-hybridized carbons (Fsp3) is 0.250. The Balaban J connectivity index is 2.39. The molecule has 0 amide bonds. The van der Waals surface area contributed by atoms with E-state index in [-0.39, 0.29) is 24.5 Å². The number of aliphatic hydroxyl groups excluding tert-OH is 1. The van der Waals surface area contributed by atoms with Crippen molar-refractivity contribution < 1.29 is 9.50 Å². The molecule has 0 aliphatic rings. The maximum Gasteiger partial charge on any atom is 0.123 e. The van der Waals surface area contributed by atoms with Crippen LogP contribution in [0.15, 0.2) is 48.5 Å². The summed E-state index contributed by atoms with van der Waals surface area (Å²) in [5.41, 5.74) is 1.73. The normalized spacial score (nSPS) is 14.0. The van der Waals surface area contributed by atoms with E-state index in [4.69, 9.17) is 11.6 Å². The highest BCUT2D eigenvalue weighted by atomic mass is 35.5. The van der Waals surface area contributed by atoms with Gasteiger partial charge in [0.25, 0.3) is 0 Å². The van der Waals surface area contributed by atoms with E-state index in [0.717, 1.165) is 11.1 Å². The van der Waals surface area contributed by atoms with Gasteiger partial charge in [0.05, 0.1) is 12.6 Å². The van der Waals surface area contributed by atoms with Crippen LogP contribution in [0, 0.1) is 5.82 Å². The van der Waals surface area contributed by atoms with Crippen LogP contribution in [0.4, 0.5) is 4.39 Å². The van der Waals surface area contributed by atoms with Crippen molar-refractivity contribution in [3.05, 3.63) is 70.5 Å². The van der Waals surface area contributed by atoms with E-state index in [1.807, 2.05) is 31.2 Å². The predicted octanol–water partition coefficient (Wildman–Crippen LogP) is 3.54. The predicted molar refractivity (Wildman–Crippen MR) is 79.4 cm³/mol. The van der Waals surface area contributed by atoms with Crippen molar-refractivity contribution in [3.8, 4) is 0 Å². The van der Waals surface area contributed by atoms with Gasteiger partial charge in [-0.1, -0.05) is 35.9 Å². The number of hydrogen-bond acceptors (Lipinski definition) is 2. The molecule has 0 aromatic heterocycles. The highest BCUT2D eigenvalue weighted by molar-refractivity contribution is 6.30. The molecule has 2 atom stereocenters. The first-order chi connectivity index (χ1) is 9.60. The summed E-state index contributed by atoms with van der Waals surface area (Å²) in [6.07, 6.45) is 0. The van der Waals surface area contributed by atoms with E-state index in [0.29, 0.717) is 5.02 Å². The zero-order valence-corrected chi connectivity index (χ0v) is 11.9. The first-order valence-corrected chi connectivity index (χ1v) is 6.86. The highest BCUT2D eigenvalue weighted by Gasteiger charge is 2.17. The Bertz CT molecular complexity index is 530. The van der Waals surface area contributed by atoms with Gasteiger partial charge >= 0.3 is 0 Å². The van der Waals surface area contributed by atoms with Gasteiger partial charge in [-0.3, -0.25) is 0 Å². The van der Waals surface area contributed by atoms with Gasteiger partial charge in [-0.05, 0) is 42.3 Å². The van der Waals surface area contributed by atoms with Crippen LogP contribution in [0.1, 0.15) is 24.1 Å². The molecule has 0 saturated heterocycles. The third-order valence-electron chi connectivity index (χ3n) is 3.09. The van der Waals surface area contributed by atoms with Gasteiger partial charge in [0.1, 0.15) is 5.82 Å². The van der Waals surface area contributed by atoms with Crippen LogP contribution in [-0.4, -0.2) is 17.8 Å². The second kappa shape index (κ2) is 6.84. The molecule has 0 aliphatic heterocycles. The second-order valence-electron chi connectivity index (χ2n) is 4.79. The maximum absolute atomic E-state index is 13.4. The van der Waals surface area contributed by atoms with E-state index in [9.17, 15) is 9.50 Å². The van der Waals surface area contributed by atoms with Crippen LogP contribution in [0.5, 0.6) is 0 Å². The van der Waals surface area contributed by atoms with Crippen molar-refractivity contribution in [1.29, 1.82) is 0 Å². The number of benzene rings is 2. The summed E-state index contributed by atoms with van der Waals surface area (Å²) < 4.78 is 13.4. The van der Waals surface area contributed by atoms with Gasteiger partial charge in [-0.2, -0.15) is 0 Å². The van der Waals surface area contributed by atoms with Gasteiger partial charge in [0.15, 0.2) is 0 Å². The number of rotatable bonds is 5.